The fourth-order valence-electron chi connectivity index (χ4n) is 1.58. The van der Waals surface area contributed by atoms with E-state index in [9.17, 15) is 4.79 Å². The van der Waals surface area contributed by atoms with E-state index in [4.69, 9.17) is 9.47 Å². The van der Waals surface area contributed by atoms with Gasteiger partial charge in [0.2, 0.25) is 5.91 Å². The third-order valence-electron chi connectivity index (χ3n) is 2.52. The zero-order valence-corrected chi connectivity index (χ0v) is 11.5. The number of methoxy groups -OCH3 is 2. The second kappa shape index (κ2) is 10.5. The van der Waals surface area contributed by atoms with E-state index in [1.54, 1.807) is 19.1 Å². The number of ether oxygens (including phenoxy) is 2. The van der Waals surface area contributed by atoms with Crippen LogP contribution in [0.1, 0.15) is 20.3 Å². The lowest BCUT2D eigenvalue weighted by Gasteiger charge is -2.24. The number of rotatable bonds is 10. The van der Waals surface area contributed by atoms with Gasteiger partial charge in [-0.25, -0.2) is 0 Å². The van der Waals surface area contributed by atoms with Gasteiger partial charge in [-0.2, -0.15) is 0 Å². The van der Waals surface area contributed by atoms with Crippen molar-refractivity contribution in [2.45, 2.75) is 26.3 Å². The van der Waals surface area contributed by atoms with Gasteiger partial charge in [0.15, 0.2) is 0 Å². The molecule has 0 aliphatic rings. The topological polar surface area (TPSA) is 50.8 Å². The summed E-state index contributed by atoms with van der Waals surface area (Å²) < 4.78 is 10.0. The highest BCUT2D eigenvalue weighted by molar-refractivity contribution is 5.76. The van der Waals surface area contributed by atoms with Crippen LogP contribution in [-0.4, -0.2) is 63.9 Å². The molecule has 0 aliphatic heterocycles. The van der Waals surface area contributed by atoms with E-state index in [1.165, 1.54) is 0 Å². The Labute approximate surface area is 104 Å². The van der Waals surface area contributed by atoms with E-state index in [0.29, 0.717) is 32.7 Å². The van der Waals surface area contributed by atoms with Crippen LogP contribution in [0.4, 0.5) is 0 Å². The second-order valence-corrected chi connectivity index (χ2v) is 4.03. The molecule has 0 aromatic rings. The summed E-state index contributed by atoms with van der Waals surface area (Å²) in [4.78, 5) is 13.8. The van der Waals surface area contributed by atoms with Crippen LogP contribution in [0.3, 0.4) is 0 Å². The molecule has 1 unspecified atom stereocenters. The van der Waals surface area contributed by atoms with Crippen molar-refractivity contribution in [1.29, 1.82) is 0 Å². The molecule has 0 radical (unpaired) electrons. The van der Waals surface area contributed by atoms with E-state index in [1.807, 2.05) is 13.8 Å². The summed E-state index contributed by atoms with van der Waals surface area (Å²) in [7, 11) is 3.28. The minimum absolute atomic E-state index is 0.146. The molecule has 0 saturated heterocycles. The van der Waals surface area contributed by atoms with Gasteiger partial charge in [-0.3, -0.25) is 4.79 Å². The predicted octanol–water partition coefficient (Wildman–Crippen LogP) is 0.496. The third kappa shape index (κ3) is 8.12. The van der Waals surface area contributed by atoms with Crippen LogP contribution in [-0.2, 0) is 14.3 Å². The molecule has 0 aliphatic carbocycles. The van der Waals surface area contributed by atoms with E-state index in [2.05, 4.69) is 5.32 Å². The Kier molecular flexibility index (Phi) is 10.1. The maximum absolute atomic E-state index is 12.0. The summed E-state index contributed by atoms with van der Waals surface area (Å²) in [5, 5.41) is 3.23. The van der Waals surface area contributed by atoms with E-state index < -0.39 is 0 Å². The van der Waals surface area contributed by atoms with Crippen LogP contribution in [0.15, 0.2) is 0 Å². The van der Waals surface area contributed by atoms with Crippen LogP contribution in [0.5, 0.6) is 0 Å². The van der Waals surface area contributed by atoms with Gasteiger partial charge in [-0.15, -0.1) is 0 Å². The molecule has 0 aromatic heterocycles. The Balaban J connectivity index is 4.10. The fraction of sp³-hybridized carbons (Fsp3) is 0.917. The van der Waals surface area contributed by atoms with Gasteiger partial charge in [0.05, 0.1) is 13.2 Å². The molecule has 1 N–H and O–H groups in total. The molecule has 1 atom stereocenters. The quantitative estimate of drug-likeness (QED) is 0.610. The molecule has 0 spiro atoms. The molecule has 0 bridgehead atoms. The van der Waals surface area contributed by atoms with Gasteiger partial charge in [0.25, 0.3) is 0 Å². The van der Waals surface area contributed by atoms with Crippen molar-refractivity contribution in [2.24, 2.45) is 0 Å². The van der Waals surface area contributed by atoms with Gasteiger partial charge in [0, 0.05) is 39.8 Å². The summed E-state index contributed by atoms with van der Waals surface area (Å²) >= 11 is 0. The van der Waals surface area contributed by atoms with E-state index in [0.717, 1.165) is 6.54 Å². The average molecular weight is 246 g/mol. The standard InChI is InChI=1S/C12H26N2O3/c1-5-13-11(2)10-12(15)14(6-8-16-3)7-9-17-4/h11,13H,5-10H2,1-4H3. The highest BCUT2D eigenvalue weighted by Gasteiger charge is 2.15. The molecule has 5 nitrogen and oxygen atoms in total. The summed E-state index contributed by atoms with van der Waals surface area (Å²) in [5.74, 6) is 0.146. The molecule has 1 amide bonds. The fourth-order valence-corrected chi connectivity index (χ4v) is 1.58. The summed E-state index contributed by atoms with van der Waals surface area (Å²) in [6, 6.07) is 0.208. The van der Waals surface area contributed by atoms with Crippen LogP contribution >= 0.6 is 0 Å². The summed E-state index contributed by atoms with van der Waals surface area (Å²) in [6.07, 6.45) is 0.515. The predicted molar refractivity (Wildman–Crippen MR) is 68.1 cm³/mol. The van der Waals surface area contributed by atoms with Crippen molar-refractivity contribution in [2.75, 3.05) is 47.1 Å². The molecule has 0 saturated carbocycles. The maximum atomic E-state index is 12.0. The van der Waals surface area contributed by atoms with Crippen molar-refractivity contribution in [3.8, 4) is 0 Å². The minimum Gasteiger partial charge on any atom is -0.383 e. The largest absolute Gasteiger partial charge is 0.383 e. The van der Waals surface area contributed by atoms with Crippen LogP contribution in [0.25, 0.3) is 0 Å². The number of carbonyl (C=O) groups is 1. The molecular formula is C12H26N2O3. The second-order valence-electron chi connectivity index (χ2n) is 4.03. The Bertz CT molecular complexity index is 192. The Morgan fingerprint density at radius 2 is 1.76 bits per heavy atom. The number of amides is 1. The number of hydrogen-bond donors (Lipinski definition) is 1. The number of carbonyl (C=O) groups excluding carboxylic acids is 1. The molecular weight excluding hydrogens is 220 g/mol. The first-order chi connectivity index (χ1) is 8.15. The van der Waals surface area contributed by atoms with Gasteiger partial charge in [0.1, 0.15) is 0 Å². The first kappa shape index (κ1) is 16.4. The molecule has 17 heavy (non-hydrogen) atoms. The van der Waals surface area contributed by atoms with Gasteiger partial charge < -0.3 is 19.7 Å². The van der Waals surface area contributed by atoms with Gasteiger partial charge in [-0.1, -0.05) is 6.92 Å². The zero-order valence-electron chi connectivity index (χ0n) is 11.5. The first-order valence-electron chi connectivity index (χ1n) is 6.14. The Morgan fingerprint density at radius 1 is 1.24 bits per heavy atom. The normalized spacial score (nSPS) is 12.5. The van der Waals surface area contributed by atoms with E-state index in [-0.39, 0.29) is 11.9 Å². The SMILES string of the molecule is CCNC(C)CC(=O)N(CCOC)CCOC. The highest BCUT2D eigenvalue weighted by Crippen LogP contribution is 1.99. The lowest BCUT2D eigenvalue weighted by molar-refractivity contribution is -0.132. The minimum atomic E-state index is 0.146. The zero-order chi connectivity index (χ0) is 13.1. The Hall–Kier alpha value is -0.650. The number of nitrogens with one attached hydrogen (secondary N) is 1. The van der Waals surface area contributed by atoms with E-state index >= 15 is 0 Å². The average Bonchev–Trinajstić information content (AvgIpc) is 2.29. The molecule has 0 heterocycles. The van der Waals surface area contributed by atoms with Crippen LogP contribution in [0.2, 0.25) is 0 Å². The number of nitrogens with zero attached hydrogens (tertiary/aromatic N) is 1. The summed E-state index contributed by atoms with van der Waals surface area (Å²) in [5.41, 5.74) is 0. The molecule has 0 aromatic carbocycles. The van der Waals surface area contributed by atoms with Crippen molar-refractivity contribution in [3.05, 3.63) is 0 Å². The molecule has 102 valence electrons. The highest BCUT2D eigenvalue weighted by atomic mass is 16.5. The van der Waals surface area contributed by atoms with Crippen molar-refractivity contribution in [3.63, 3.8) is 0 Å². The Morgan fingerprint density at radius 3 is 2.18 bits per heavy atom. The third-order valence-corrected chi connectivity index (χ3v) is 2.52. The number of hydrogen-bond acceptors (Lipinski definition) is 4. The van der Waals surface area contributed by atoms with Crippen molar-refractivity contribution >= 4 is 5.91 Å². The lowest BCUT2D eigenvalue weighted by atomic mass is 10.2. The molecule has 0 rings (SSSR count). The summed E-state index contributed by atoms with van der Waals surface area (Å²) in [6.45, 7) is 7.30. The lowest BCUT2D eigenvalue weighted by Crippen LogP contribution is -2.40. The van der Waals surface area contributed by atoms with Gasteiger partial charge in [-0.05, 0) is 13.5 Å². The smallest absolute Gasteiger partial charge is 0.224 e. The first-order valence-corrected chi connectivity index (χ1v) is 6.14. The van der Waals surface area contributed by atoms with Crippen LogP contribution in [0, 0.1) is 0 Å². The maximum Gasteiger partial charge on any atom is 0.224 e. The van der Waals surface area contributed by atoms with Crippen molar-refractivity contribution < 1.29 is 14.3 Å². The van der Waals surface area contributed by atoms with Crippen molar-refractivity contribution in [1.82, 2.24) is 10.2 Å². The molecule has 0 fully saturated rings. The monoisotopic (exact) mass is 246 g/mol. The van der Waals surface area contributed by atoms with Crippen LogP contribution < -0.4 is 5.32 Å². The molecule has 5 heteroatoms. The van der Waals surface area contributed by atoms with Gasteiger partial charge >= 0.3 is 0 Å².